The van der Waals surface area contributed by atoms with Gasteiger partial charge in [-0.05, 0) is 36.1 Å². The zero-order valence-electron chi connectivity index (χ0n) is 9.02. The van der Waals surface area contributed by atoms with Crippen molar-refractivity contribution < 1.29 is 9.90 Å². The highest BCUT2D eigenvalue weighted by atomic mass is 35.5. The van der Waals surface area contributed by atoms with Gasteiger partial charge < -0.3 is 15.2 Å². The fourth-order valence-electron chi connectivity index (χ4n) is 2.80. The van der Waals surface area contributed by atoms with Crippen molar-refractivity contribution in [1.29, 1.82) is 0 Å². The van der Waals surface area contributed by atoms with Gasteiger partial charge in [0.2, 0.25) is 0 Å². The van der Waals surface area contributed by atoms with Crippen LogP contribution in [0.4, 0.5) is 5.69 Å². The number of hydrogen-bond donors (Lipinski definition) is 1. The van der Waals surface area contributed by atoms with Crippen molar-refractivity contribution in [3.63, 3.8) is 0 Å². The van der Waals surface area contributed by atoms with Gasteiger partial charge >= 0.3 is 0 Å². The van der Waals surface area contributed by atoms with Crippen LogP contribution in [0.1, 0.15) is 17.9 Å². The van der Waals surface area contributed by atoms with E-state index in [1.54, 1.807) is 6.07 Å². The number of carboxylic acids is 1. The van der Waals surface area contributed by atoms with Gasteiger partial charge in [-0.3, -0.25) is 0 Å². The summed E-state index contributed by atoms with van der Waals surface area (Å²) < 4.78 is 0. The molecule has 1 heterocycles. The van der Waals surface area contributed by atoms with Crippen LogP contribution in [0.2, 0.25) is 5.02 Å². The number of hydrogen-bond acceptors (Lipinski definition) is 3. The molecule has 3 rings (SSSR count). The maximum Gasteiger partial charge on any atom is 0.0698 e. The van der Waals surface area contributed by atoms with Crippen LogP contribution in [-0.2, 0) is 4.79 Å². The summed E-state index contributed by atoms with van der Waals surface area (Å²) in [4.78, 5) is 11.1. The molecule has 0 saturated heterocycles. The maximum absolute atomic E-state index is 11.1. The molecule has 17 heavy (non-hydrogen) atoms. The fraction of sp³-hybridized carbons (Fsp3) is 0.308. The Balaban J connectivity index is 2.09. The molecule has 2 aliphatic rings. The number of carbonyl (C=O) groups excluding carboxylic acids is 1. The standard InChI is InChI=1S/C13H12ClNO2/c14-7-4-5-11-10(6-7)8-2-1-3-9(8)12(15-11)13(16)17/h1-2,4-6,8-9,12,15H,3H2,(H,16,17)/p-1/t8-,9+,12-/m1/s1. The van der Waals surface area contributed by atoms with Crippen LogP contribution in [-0.4, -0.2) is 12.0 Å². The molecule has 0 aromatic heterocycles. The van der Waals surface area contributed by atoms with Crippen molar-refractivity contribution in [3.8, 4) is 0 Å². The number of nitrogens with one attached hydrogen (secondary N) is 1. The summed E-state index contributed by atoms with van der Waals surface area (Å²) >= 11 is 5.99. The summed E-state index contributed by atoms with van der Waals surface area (Å²) in [7, 11) is 0. The Morgan fingerprint density at radius 1 is 1.47 bits per heavy atom. The lowest BCUT2D eigenvalue weighted by molar-refractivity contribution is -0.308. The Bertz CT molecular complexity index is 512. The summed E-state index contributed by atoms with van der Waals surface area (Å²) in [5, 5.41) is 14.9. The molecular weight excluding hydrogens is 238 g/mol. The predicted octanol–water partition coefficient (Wildman–Crippen LogP) is 1.54. The molecule has 0 spiro atoms. The highest BCUT2D eigenvalue weighted by Crippen LogP contribution is 2.45. The van der Waals surface area contributed by atoms with Gasteiger partial charge in [0.15, 0.2) is 0 Å². The van der Waals surface area contributed by atoms with Gasteiger partial charge in [-0.15, -0.1) is 0 Å². The fourth-order valence-corrected chi connectivity index (χ4v) is 2.98. The number of carboxylic acid groups (broad SMARTS) is 1. The smallest absolute Gasteiger partial charge is 0.0698 e. The van der Waals surface area contributed by atoms with E-state index >= 15 is 0 Å². The predicted molar refractivity (Wildman–Crippen MR) is 63.9 cm³/mol. The summed E-state index contributed by atoms with van der Waals surface area (Å²) in [6.45, 7) is 0. The second-order valence-electron chi connectivity index (χ2n) is 4.53. The largest absolute Gasteiger partial charge is 0.548 e. The molecule has 0 radical (unpaired) electrons. The molecule has 1 aliphatic heterocycles. The zero-order chi connectivity index (χ0) is 12.0. The van der Waals surface area contributed by atoms with Gasteiger partial charge in [-0.2, -0.15) is 0 Å². The van der Waals surface area contributed by atoms with E-state index in [9.17, 15) is 9.90 Å². The van der Waals surface area contributed by atoms with E-state index in [1.807, 2.05) is 18.2 Å². The van der Waals surface area contributed by atoms with Gasteiger partial charge in [0, 0.05) is 16.6 Å². The monoisotopic (exact) mass is 248 g/mol. The van der Waals surface area contributed by atoms with Crippen LogP contribution in [0.15, 0.2) is 30.4 Å². The van der Waals surface area contributed by atoms with E-state index in [2.05, 4.69) is 11.4 Å². The van der Waals surface area contributed by atoms with Gasteiger partial charge in [0.05, 0.1) is 12.0 Å². The Morgan fingerprint density at radius 3 is 3.06 bits per heavy atom. The molecule has 3 atom stereocenters. The number of anilines is 1. The molecule has 0 saturated carbocycles. The minimum Gasteiger partial charge on any atom is -0.548 e. The average Bonchev–Trinajstić information content (AvgIpc) is 2.76. The molecular formula is C13H11ClNO2-. The SMILES string of the molecule is O=C([O-])[C@@H]1Nc2ccc(Cl)cc2[C@@H]2C=CC[C@H]12. The topological polar surface area (TPSA) is 52.2 Å². The van der Waals surface area contributed by atoms with Crippen molar-refractivity contribution in [2.75, 3.05) is 5.32 Å². The molecule has 0 bridgehead atoms. The number of carbonyl (C=O) groups is 1. The highest BCUT2D eigenvalue weighted by Gasteiger charge is 2.37. The molecule has 1 aromatic carbocycles. The van der Waals surface area contributed by atoms with Crippen LogP contribution in [0, 0.1) is 5.92 Å². The Kier molecular flexibility index (Phi) is 2.37. The van der Waals surface area contributed by atoms with Crippen LogP contribution < -0.4 is 10.4 Å². The van der Waals surface area contributed by atoms with E-state index in [4.69, 9.17) is 11.6 Å². The zero-order valence-corrected chi connectivity index (χ0v) is 9.78. The first-order valence-electron chi connectivity index (χ1n) is 5.60. The van der Waals surface area contributed by atoms with Crippen LogP contribution in [0.3, 0.4) is 0 Å². The summed E-state index contributed by atoms with van der Waals surface area (Å²) in [6.07, 6.45) is 4.86. The first kappa shape index (κ1) is 10.7. The normalized spacial score (nSPS) is 29.4. The maximum atomic E-state index is 11.1. The van der Waals surface area contributed by atoms with Crippen molar-refractivity contribution in [1.82, 2.24) is 0 Å². The van der Waals surface area contributed by atoms with Crippen molar-refractivity contribution in [2.24, 2.45) is 5.92 Å². The highest BCUT2D eigenvalue weighted by molar-refractivity contribution is 6.30. The number of halogens is 1. The number of benzene rings is 1. The molecule has 1 aliphatic carbocycles. The van der Waals surface area contributed by atoms with E-state index < -0.39 is 12.0 Å². The van der Waals surface area contributed by atoms with Gasteiger partial charge in [-0.25, -0.2) is 0 Å². The number of fused-ring (bicyclic) bond motifs is 3. The molecule has 3 nitrogen and oxygen atoms in total. The van der Waals surface area contributed by atoms with E-state index in [0.29, 0.717) is 5.02 Å². The third-order valence-corrected chi connectivity index (χ3v) is 3.81. The molecule has 4 heteroatoms. The Morgan fingerprint density at radius 2 is 2.29 bits per heavy atom. The van der Waals surface area contributed by atoms with Crippen molar-refractivity contribution in [2.45, 2.75) is 18.4 Å². The van der Waals surface area contributed by atoms with Crippen LogP contribution in [0.5, 0.6) is 0 Å². The summed E-state index contributed by atoms with van der Waals surface area (Å²) in [5.41, 5.74) is 1.92. The average molecular weight is 249 g/mol. The molecule has 0 fully saturated rings. The third-order valence-electron chi connectivity index (χ3n) is 3.58. The van der Waals surface area contributed by atoms with Gasteiger partial charge in [0.1, 0.15) is 0 Å². The molecule has 1 N–H and O–H groups in total. The second kappa shape index (κ2) is 3.77. The van der Waals surface area contributed by atoms with Gasteiger partial charge in [-0.1, -0.05) is 23.8 Å². The van der Waals surface area contributed by atoms with Gasteiger partial charge in [0.25, 0.3) is 0 Å². The van der Waals surface area contributed by atoms with Crippen molar-refractivity contribution in [3.05, 3.63) is 40.9 Å². The minimum absolute atomic E-state index is 0.0333. The minimum atomic E-state index is -1.04. The number of rotatable bonds is 1. The lowest BCUT2D eigenvalue weighted by Gasteiger charge is -2.37. The van der Waals surface area contributed by atoms with E-state index in [0.717, 1.165) is 17.7 Å². The van der Waals surface area contributed by atoms with E-state index in [-0.39, 0.29) is 11.8 Å². The molecule has 0 amide bonds. The molecule has 0 unspecified atom stereocenters. The quantitative estimate of drug-likeness (QED) is 0.767. The first-order valence-corrected chi connectivity index (χ1v) is 5.98. The lowest BCUT2D eigenvalue weighted by Crippen LogP contribution is -2.48. The summed E-state index contributed by atoms with van der Waals surface area (Å²) in [6, 6.07) is 4.88. The number of allylic oxidation sites excluding steroid dienone is 2. The Labute approximate surface area is 104 Å². The second-order valence-corrected chi connectivity index (χ2v) is 4.96. The lowest BCUT2D eigenvalue weighted by atomic mass is 9.79. The molecule has 88 valence electrons. The third kappa shape index (κ3) is 1.62. The first-order chi connectivity index (χ1) is 8.16. The van der Waals surface area contributed by atoms with E-state index in [1.165, 1.54) is 0 Å². The van der Waals surface area contributed by atoms with Crippen LogP contribution >= 0.6 is 11.6 Å². The summed E-state index contributed by atoms with van der Waals surface area (Å²) in [5.74, 6) is -0.872. The molecule has 1 aromatic rings. The van der Waals surface area contributed by atoms with Crippen molar-refractivity contribution >= 4 is 23.3 Å². The Hall–Kier alpha value is -1.48. The number of aliphatic carboxylic acids is 1. The van der Waals surface area contributed by atoms with Crippen LogP contribution in [0.25, 0.3) is 0 Å².